The Kier molecular flexibility index (Phi) is 5.59. The number of nitrogens with one attached hydrogen (secondary N) is 1. The average molecular weight is 310 g/mol. The second-order valence-corrected chi connectivity index (χ2v) is 5.14. The molecule has 1 atom stereocenters. The summed E-state index contributed by atoms with van der Waals surface area (Å²) >= 11 is 6.08. The molecule has 6 heteroatoms. The lowest BCUT2D eigenvalue weighted by atomic mass is 10.1. The number of benzene rings is 1. The van der Waals surface area contributed by atoms with Crippen molar-refractivity contribution in [3.63, 3.8) is 0 Å². The summed E-state index contributed by atoms with van der Waals surface area (Å²) < 4.78 is 10.9. The molecule has 0 aliphatic carbocycles. The minimum absolute atomic E-state index is 0.151. The first-order valence-electron chi connectivity index (χ1n) is 7.11. The van der Waals surface area contributed by atoms with Crippen LogP contribution in [0.4, 0.5) is 0 Å². The van der Waals surface area contributed by atoms with Gasteiger partial charge in [-0.05, 0) is 31.7 Å². The zero-order valence-electron chi connectivity index (χ0n) is 12.5. The van der Waals surface area contributed by atoms with Crippen molar-refractivity contribution < 1.29 is 9.26 Å². The zero-order valence-corrected chi connectivity index (χ0v) is 13.3. The summed E-state index contributed by atoms with van der Waals surface area (Å²) in [6.45, 7) is 7.23. The topological polar surface area (TPSA) is 60.2 Å². The van der Waals surface area contributed by atoms with E-state index in [1.807, 2.05) is 25.1 Å². The van der Waals surface area contributed by atoms with E-state index < -0.39 is 0 Å². The van der Waals surface area contributed by atoms with Gasteiger partial charge in [0, 0.05) is 23.0 Å². The minimum atomic E-state index is 0.151. The molecule has 114 valence electrons. The van der Waals surface area contributed by atoms with Crippen LogP contribution in [0.2, 0.25) is 5.02 Å². The third kappa shape index (κ3) is 4.19. The third-order valence-corrected chi connectivity index (χ3v) is 3.36. The van der Waals surface area contributed by atoms with Crippen molar-refractivity contribution in [1.82, 2.24) is 15.5 Å². The zero-order chi connectivity index (χ0) is 15.2. The molecule has 0 aliphatic rings. The van der Waals surface area contributed by atoms with Gasteiger partial charge in [0.2, 0.25) is 0 Å². The number of ether oxygens (including phenoxy) is 1. The summed E-state index contributed by atoms with van der Waals surface area (Å²) in [6, 6.07) is 5.74. The van der Waals surface area contributed by atoms with Crippen LogP contribution in [0.3, 0.4) is 0 Å². The van der Waals surface area contributed by atoms with Crippen LogP contribution in [0.5, 0.6) is 5.75 Å². The van der Waals surface area contributed by atoms with Crippen molar-refractivity contribution in [2.75, 3.05) is 6.54 Å². The molecule has 1 heterocycles. The monoisotopic (exact) mass is 309 g/mol. The highest BCUT2D eigenvalue weighted by Gasteiger charge is 2.13. The highest BCUT2D eigenvalue weighted by Crippen LogP contribution is 2.29. The number of hydrogen-bond acceptors (Lipinski definition) is 5. The molecule has 0 amide bonds. The second kappa shape index (κ2) is 7.43. The van der Waals surface area contributed by atoms with Crippen molar-refractivity contribution in [2.24, 2.45) is 0 Å². The fourth-order valence-corrected chi connectivity index (χ4v) is 2.22. The molecule has 2 aromatic rings. The highest BCUT2D eigenvalue weighted by molar-refractivity contribution is 6.30. The van der Waals surface area contributed by atoms with Crippen LogP contribution in [0.1, 0.15) is 44.1 Å². The lowest BCUT2D eigenvalue weighted by Crippen LogP contribution is -2.18. The molecule has 1 aromatic carbocycles. The van der Waals surface area contributed by atoms with E-state index in [2.05, 4.69) is 29.3 Å². The van der Waals surface area contributed by atoms with E-state index in [0.29, 0.717) is 16.7 Å². The Hall–Kier alpha value is -1.59. The number of aromatic nitrogens is 2. The van der Waals surface area contributed by atoms with Gasteiger partial charge in [0.25, 0.3) is 5.89 Å². The van der Waals surface area contributed by atoms with E-state index in [4.69, 9.17) is 20.9 Å². The molecular weight excluding hydrogens is 290 g/mol. The average Bonchev–Trinajstić information content (AvgIpc) is 2.94. The third-order valence-electron chi connectivity index (χ3n) is 3.13. The van der Waals surface area contributed by atoms with Gasteiger partial charge in [-0.3, -0.25) is 0 Å². The molecule has 0 spiro atoms. The van der Waals surface area contributed by atoms with E-state index >= 15 is 0 Å². The van der Waals surface area contributed by atoms with Crippen molar-refractivity contribution in [3.05, 3.63) is 40.5 Å². The van der Waals surface area contributed by atoms with Crippen molar-refractivity contribution in [2.45, 2.75) is 39.8 Å². The molecule has 0 aliphatic heterocycles. The lowest BCUT2D eigenvalue weighted by molar-refractivity contribution is 0.239. The van der Waals surface area contributed by atoms with Crippen molar-refractivity contribution >= 4 is 11.6 Å². The molecule has 0 radical (unpaired) electrons. The standard InChI is InChI=1S/C15H20ClN3O2/c1-4-14-18-15(21-19-14)9-20-13-7-6-11(16)8-12(13)10(3)17-5-2/h6-8,10,17H,4-5,9H2,1-3H3. The van der Waals surface area contributed by atoms with E-state index in [-0.39, 0.29) is 12.6 Å². The number of aryl methyl sites for hydroxylation is 1. The SMILES string of the molecule is CCNC(C)c1cc(Cl)ccc1OCc1nc(CC)no1. The maximum Gasteiger partial charge on any atom is 0.264 e. The van der Waals surface area contributed by atoms with Gasteiger partial charge < -0.3 is 14.6 Å². The van der Waals surface area contributed by atoms with Crippen LogP contribution >= 0.6 is 11.6 Å². The molecule has 5 nitrogen and oxygen atoms in total. The maximum absolute atomic E-state index is 6.08. The van der Waals surface area contributed by atoms with Gasteiger partial charge in [-0.2, -0.15) is 4.98 Å². The summed E-state index contributed by atoms with van der Waals surface area (Å²) in [6.07, 6.45) is 0.743. The summed E-state index contributed by atoms with van der Waals surface area (Å²) in [7, 11) is 0. The smallest absolute Gasteiger partial charge is 0.264 e. The molecule has 1 unspecified atom stereocenters. The Balaban J connectivity index is 2.11. The van der Waals surface area contributed by atoms with Gasteiger partial charge in [0.15, 0.2) is 12.4 Å². The van der Waals surface area contributed by atoms with Gasteiger partial charge in [0.05, 0.1) is 0 Å². The van der Waals surface area contributed by atoms with Gasteiger partial charge >= 0.3 is 0 Å². The van der Waals surface area contributed by atoms with Gasteiger partial charge in [-0.15, -0.1) is 0 Å². The Morgan fingerprint density at radius 1 is 1.38 bits per heavy atom. The Morgan fingerprint density at radius 2 is 2.19 bits per heavy atom. The van der Waals surface area contributed by atoms with E-state index in [0.717, 1.165) is 24.3 Å². The predicted molar refractivity (Wildman–Crippen MR) is 81.6 cm³/mol. The summed E-state index contributed by atoms with van der Waals surface area (Å²) in [5.74, 6) is 1.93. The summed E-state index contributed by atoms with van der Waals surface area (Å²) in [5, 5.41) is 7.89. The molecule has 2 rings (SSSR count). The maximum atomic E-state index is 6.08. The van der Waals surface area contributed by atoms with E-state index in [1.54, 1.807) is 0 Å². The Bertz CT molecular complexity index is 586. The first kappa shape index (κ1) is 15.8. The van der Waals surface area contributed by atoms with Crippen LogP contribution < -0.4 is 10.1 Å². The van der Waals surface area contributed by atoms with Crippen molar-refractivity contribution in [3.8, 4) is 5.75 Å². The Morgan fingerprint density at radius 3 is 2.86 bits per heavy atom. The molecule has 0 saturated heterocycles. The number of rotatable bonds is 7. The molecule has 1 aromatic heterocycles. The quantitative estimate of drug-likeness (QED) is 0.847. The fourth-order valence-electron chi connectivity index (χ4n) is 2.04. The number of halogens is 1. The predicted octanol–water partition coefficient (Wildman–Crippen LogP) is 3.53. The molecule has 0 saturated carbocycles. The largest absolute Gasteiger partial charge is 0.483 e. The van der Waals surface area contributed by atoms with E-state index in [1.165, 1.54) is 0 Å². The van der Waals surface area contributed by atoms with Crippen molar-refractivity contribution in [1.29, 1.82) is 0 Å². The fraction of sp³-hybridized carbons (Fsp3) is 0.467. The molecule has 1 N–H and O–H groups in total. The lowest BCUT2D eigenvalue weighted by Gasteiger charge is -2.17. The molecule has 0 bridgehead atoms. The first-order chi connectivity index (χ1) is 10.1. The highest BCUT2D eigenvalue weighted by atomic mass is 35.5. The minimum Gasteiger partial charge on any atom is -0.483 e. The van der Waals surface area contributed by atoms with Crippen LogP contribution in [0.25, 0.3) is 0 Å². The van der Waals surface area contributed by atoms with Crippen LogP contribution in [-0.2, 0) is 13.0 Å². The molecule has 21 heavy (non-hydrogen) atoms. The van der Waals surface area contributed by atoms with Gasteiger partial charge in [-0.1, -0.05) is 30.6 Å². The first-order valence-corrected chi connectivity index (χ1v) is 7.48. The number of nitrogens with zero attached hydrogens (tertiary/aromatic N) is 2. The van der Waals surface area contributed by atoms with Crippen LogP contribution in [-0.4, -0.2) is 16.7 Å². The van der Waals surface area contributed by atoms with Crippen LogP contribution in [0, 0.1) is 0 Å². The molecule has 0 fully saturated rings. The molecular formula is C15H20ClN3O2. The normalized spacial score (nSPS) is 12.4. The number of hydrogen-bond donors (Lipinski definition) is 1. The second-order valence-electron chi connectivity index (χ2n) is 4.71. The Labute approximate surface area is 129 Å². The van der Waals surface area contributed by atoms with Crippen LogP contribution in [0.15, 0.2) is 22.7 Å². The van der Waals surface area contributed by atoms with Gasteiger partial charge in [0.1, 0.15) is 5.75 Å². The van der Waals surface area contributed by atoms with E-state index in [9.17, 15) is 0 Å². The summed E-state index contributed by atoms with van der Waals surface area (Å²) in [5.41, 5.74) is 1.01. The van der Waals surface area contributed by atoms with Gasteiger partial charge in [-0.25, -0.2) is 0 Å². The summed E-state index contributed by atoms with van der Waals surface area (Å²) in [4.78, 5) is 4.23.